The molecule has 0 saturated heterocycles. The summed E-state index contributed by atoms with van der Waals surface area (Å²) in [7, 11) is 0. The summed E-state index contributed by atoms with van der Waals surface area (Å²) in [5.74, 6) is 2.64. The van der Waals surface area contributed by atoms with Crippen molar-refractivity contribution >= 4 is 5.78 Å². The van der Waals surface area contributed by atoms with Gasteiger partial charge in [-0.25, -0.2) is 0 Å². The van der Waals surface area contributed by atoms with E-state index in [2.05, 4.69) is 5.92 Å². The van der Waals surface area contributed by atoms with E-state index in [4.69, 9.17) is 6.42 Å². The van der Waals surface area contributed by atoms with E-state index in [1.165, 1.54) is 0 Å². The molecule has 0 heterocycles. The second kappa shape index (κ2) is 4.62. The van der Waals surface area contributed by atoms with Crippen LogP contribution in [0.1, 0.15) is 34.3 Å². The number of benzene rings is 1. The first kappa shape index (κ1) is 10.5. The van der Waals surface area contributed by atoms with Gasteiger partial charge in [-0.1, -0.05) is 18.2 Å². The van der Waals surface area contributed by atoms with Gasteiger partial charge < -0.3 is 0 Å². The fraction of sp³-hybridized carbons (Fsp3) is 0.308. The SMILES string of the molecule is C#CCCC(=O)c1c(C)cccc1C. The van der Waals surface area contributed by atoms with Crippen LogP contribution in [0.25, 0.3) is 0 Å². The molecule has 0 spiro atoms. The smallest absolute Gasteiger partial charge is 0.164 e. The van der Waals surface area contributed by atoms with Crippen LogP contribution < -0.4 is 0 Å². The number of aryl methyl sites for hydroxylation is 2. The zero-order valence-corrected chi connectivity index (χ0v) is 8.63. The molecule has 72 valence electrons. The Morgan fingerprint density at radius 1 is 1.36 bits per heavy atom. The lowest BCUT2D eigenvalue weighted by molar-refractivity contribution is 0.0983. The number of carbonyl (C=O) groups is 1. The highest BCUT2D eigenvalue weighted by molar-refractivity contribution is 5.98. The van der Waals surface area contributed by atoms with Crippen molar-refractivity contribution in [2.24, 2.45) is 0 Å². The molecule has 1 aromatic carbocycles. The average molecular weight is 186 g/mol. The van der Waals surface area contributed by atoms with Crippen molar-refractivity contribution in [3.63, 3.8) is 0 Å². The lowest BCUT2D eigenvalue weighted by Gasteiger charge is -2.06. The summed E-state index contributed by atoms with van der Waals surface area (Å²) in [6.45, 7) is 3.91. The summed E-state index contributed by atoms with van der Waals surface area (Å²) >= 11 is 0. The van der Waals surface area contributed by atoms with Crippen LogP contribution in [0.4, 0.5) is 0 Å². The standard InChI is InChI=1S/C13H14O/c1-4-5-9-12(14)13-10(2)7-6-8-11(13)3/h1,6-8H,5,9H2,2-3H3. The van der Waals surface area contributed by atoms with Gasteiger partial charge in [-0.05, 0) is 25.0 Å². The fourth-order valence-corrected chi connectivity index (χ4v) is 1.56. The fourth-order valence-electron chi connectivity index (χ4n) is 1.56. The molecule has 0 amide bonds. The molecule has 0 aliphatic rings. The highest BCUT2D eigenvalue weighted by Crippen LogP contribution is 2.15. The van der Waals surface area contributed by atoms with E-state index in [-0.39, 0.29) is 5.78 Å². The molecule has 1 rings (SSSR count). The quantitative estimate of drug-likeness (QED) is 0.524. The predicted molar refractivity (Wildman–Crippen MR) is 58.3 cm³/mol. The van der Waals surface area contributed by atoms with Crippen molar-refractivity contribution in [1.82, 2.24) is 0 Å². The summed E-state index contributed by atoms with van der Waals surface area (Å²) < 4.78 is 0. The number of hydrogen-bond donors (Lipinski definition) is 0. The van der Waals surface area contributed by atoms with Crippen molar-refractivity contribution in [2.45, 2.75) is 26.7 Å². The van der Waals surface area contributed by atoms with Crippen LogP contribution in [-0.4, -0.2) is 5.78 Å². The third-order valence-corrected chi connectivity index (χ3v) is 2.26. The Bertz CT molecular complexity index is 362. The van der Waals surface area contributed by atoms with Gasteiger partial charge in [-0.2, -0.15) is 0 Å². The zero-order chi connectivity index (χ0) is 10.6. The summed E-state index contributed by atoms with van der Waals surface area (Å²) in [4.78, 5) is 11.7. The Kier molecular flexibility index (Phi) is 3.48. The number of rotatable bonds is 3. The van der Waals surface area contributed by atoms with Crippen molar-refractivity contribution in [2.75, 3.05) is 0 Å². The Balaban J connectivity index is 2.95. The van der Waals surface area contributed by atoms with E-state index in [0.29, 0.717) is 12.8 Å². The van der Waals surface area contributed by atoms with Crippen molar-refractivity contribution in [3.8, 4) is 12.3 Å². The normalized spacial score (nSPS) is 9.50. The zero-order valence-electron chi connectivity index (χ0n) is 8.63. The van der Waals surface area contributed by atoms with Gasteiger partial charge >= 0.3 is 0 Å². The second-order valence-electron chi connectivity index (χ2n) is 3.39. The molecule has 0 fully saturated rings. The van der Waals surface area contributed by atoms with Gasteiger partial charge in [0.05, 0.1) is 0 Å². The van der Waals surface area contributed by atoms with E-state index in [9.17, 15) is 4.79 Å². The van der Waals surface area contributed by atoms with E-state index in [1.54, 1.807) is 0 Å². The van der Waals surface area contributed by atoms with Crippen LogP contribution in [-0.2, 0) is 0 Å². The minimum absolute atomic E-state index is 0.151. The summed E-state index contributed by atoms with van der Waals surface area (Å²) in [5.41, 5.74) is 2.90. The van der Waals surface area contributed by atoms with E-state index >= 15 is 0 Å². The molecule has 1 heteroatoms. The maximum atomic E-state index is 11.7. The topological polar surface area (TPSA) is 17.1 Å². The van der Waals surface area contributed by atoms with Gasteiger partial charge in [0.25, 0.3) is 0 Å². The van der Waals surface area contributed by atoms with Gasteiger partial charge in [0.1, 0.15) is 0 Å². The molecule has 0 N–H and O–H groups in total. The Morgan fingerprint density at radius 2 is 1.93 bits per heavy atom. The minimum atomic E-state index is 0.151. The maximum absolute atomic E-state index is 11.7. The molecule has 0 atom stereocenters. The summed E-state index contributed by atoms with van der Waals surface area (Å²) in [6.07, 6.45) is 6.10. The summed E-state index contributed by atoms with van der Waals surface area (Å²) in [5, 5.41) is 0. The van der Waals surface area contributed by atoms with Crippen LogP contribution in [0, 0.1) is 26.2 Å². The molecule has 1 aromatic rings. The van der Waals surface area contributed by atoms with Gasteiger partial charge in [0.15, 0.2) is 5.78 Å². The molecule has 0 saturated carbocycles. The highest BCUT2D eigenvalue weighted by Gasteiger charge is 2.10. The maximum Gasteiger partial charge on any atom is 0.164 e. The number of ketones is 1. The number of terminal acetylenes is 1. The first-order valence-corrected chi connectivity index (χ1v) is 4.69. The molecule has 1 nitrogen and oxygen atoms in total. The minimum Gasteiger partial charge on any atom is -0.294 e. The number of carbonyl (C=O) groups excluding carboxylic acids is 1. The van der Waals surface area contributed by atoms with Crippen molar-refractivity contribution < 1.29 is 4.79 Å². The van der Waals surface area contributed by atoms with Crippen LogP contribution in [0.5, 0.6) is 0 Å². The first-order chi connectivity index (χ1) is 6.66. The van der Waals surface area contributed by atoms with Gasteiger partial charge in [0.2, 0.25) is 0 Å². The lowest BCUT2D eigenvalue weighted by Crippen LogP contribution is -2.03. The molecule has 0 aliphatic carbocycles. The molecule has 14 heavy (non-hydrogen) atoms. The van der Waals surface area contributed by atoms with Gasteiger partial charge in [0, 0.05) is 18.4 Å². The second-order valence-corrected chi connectivity index (χ2v) is 3.39. The van der Waals surface area contributed by atoms with E-state index in [0.717, 1.165) is 16.7 Å². The molecular weight excluding hydrogens is 172 g/mol. The molecule has 0 radical (unpaired) electrons. The summed E-state index contributed by atoms with van der Waals surface area (Å²) in [6, 6.07) is 5.87. The molecule has 0 aliphatic heterocycles. The Hall–Kier alpha value is -1.55. The molecule has 0 aromatic heterocycles. The average Bonchev–Trinajstić information content (AvgIpc) is 2.14. The molecule has 0 unspecified atom stereocenters. The molecule has 0 bridgehead atoms. The number of Topliss-reactive ketones (excluding diaryl/α,β-unsaturated/α-hetero) is 1. The first-order valence-electron chi connectivity index (χ1n) is 4.69. The van der Waals surface area contributed by atoms with Crippen LogP contribution >= 0.6 is 0 Å². The monoisotopic (exact) mass is 186 g/mol. The largest absolute Gasteiger partial charge is 0.294 e. The lowest BCUT2D eigenvalue weighted by atomic mass is 9.97. The van der Waals surface area contributed by atoms with Gasteiger partial charge in [-0.3, -0.25) is 4.79 Å². The van der Waals surface area contributed by atoms with Crippen molar-refractivity contribution in [1.29, 1.82) is 0 Å². The van der Waals surface area contributed by atoms with Crippen LogP contribution in [0.3, 0.4) is 0 Å². The van der Waals surface area contributed by atoms with Crippen molar-refractivity contribution in [3.05, 3.63) is 34.9 Å². The Labute approximate surface area is 85.1 Å². The Morgan fingerprint density at radius 3 is 2.43 bits per heavy atom. The van der Waals surface area contributed by atoms with E-state index in [1.807, 2.05) is 32.0 Å². The van der Waals surface area contributed by atoms with Crippen LogP contribution in [0.2, 0.25) is 0 Å². The number of hydrogen-bond acceptors (Lipinski definition) is 1. The third-order valence-electron chi connectivity index (χ3n) is 2.26. The van der Waals surface area contributed by atoms with E-state index < -0.39 is 0 Å². The van der Waals surface area contributed by atoms with Crippen LogP contribution in [0.15, 0.2) is 18.2 Å². The molecular formula is C13H14O. The van der Waals surface area contributed by atoms with Gasteiger partial charge in [-0.15, -0.1) is 12.3 Å². The third kappa shape index (κ3) is 2.23. The predicted octanol–water partition coefficient (Wildman–Crippen LogP) is 2.90. The highest BCUT2D eigenvalue weighted by atomic mass is 16.1.